The highest BCUT2D eigenvalue weighted by Crippen LogP contribution is 2.70. The second kappa shape index (κ2) is 10.1. The van der Waals surface area contributed by atoms with E-state index in [9.17, 15) is 21.6 Å². The number of benzene rings is 3. The van der Waals surface area contributed by atoms with E-state index >= 15 is 0 Å². The van der Waals surface area contributed by atoms with Gasteiger partial charge in [-0.2, -0.15) is 25.2 Å². The second-order valence-corrected chi connectivity index (χ2v) is 11.7. The first-order valence-corrected chi connectivity index (χ1v) is 13.2. The zero-order valence-electron chi connectivity index (χ0n) is 17.6. The minimum Gasteiger partial charge on any atom is -0.200 e. The van der Waals surface area contributed by atoms with Crippen LogP contribution in [-0.4, -0.2) is 13.9 Å². The van der Waals surface area contributed by atoms with E-state index in [1.807, 2.05) is 12.1 Å². The van der Waals surface area contributed by atoms with Crippen molar-refractivity contribution in [2.45, 2.75) is 52.8 Å². The highest BCUT2D eigenvalue weighted by molar-refractivity contribution is 8.33. The van der Waals surface area contributed by atoms with Crippen molar-refractivity contribution < 1.29 is 25.2 Å². The summed E-state index contributed by atoms with van der Waals surface area (Å²) in [5.41, 5.74) is -4.51. The summed E-state index contributed by atoms with van der Waals surface area (Å²) in [6.45, 7) is 2.11. The molecule has 0 aliphatic carbocycles. The third-order valence-electron chi connectivity index (χ3n) is 4.95. The summed E-state index contributed by atoms with van der Waals surface area (Å²) in [5.74, 6) is 0. The van der Waals surface area contributed by atoms with Crippen LogP contribution in [0.2, 0.25) is 0 Å². The van der Waals surface area contributed by atoms with Crippen LogP contribution in [0.25, 0.3) is 0 Å². The largest absolute Gasteiger partial charge is 0.524 e. The number of alkyl halides is 3. The van der Waals surface area contributed by atoms with Gasteiger partial charge in [0, 0.05) is 14.7 Å². The van der Waals surface area contributed by atoms with Crippen LogP contribution in [0.4, 0.5) is 13.2 Å². The van der Waals surface area contributed by atoms with Gasteiger partial charge in [0.25, 0.3) is 0 Å². The molecule has 0 spiro atoms. The Hall–Kier alpha value is -2.29. The van der Waals surface area contributed by atoms with Crippen LogP contribution in [0, 0.1) is 0 Å². The predicted molar refractivity (Wildman–Crippen MR) is 121 cm³/mol. The topological polar surface area (TPSA) is 43.4 Å². The van der Waals surface area contributed by atoms with Gasteiger partial charge in [-0.1, -0.05) is 68.3 Å². The lowest BCUT2D eigenvalue weighted by atomic mass is 10.1. The molecule has 0 aliphatic heterocycles. The lowest BCUT2D eigenvalue weighted by molar-refractivity contribution is -0.0496. The molecule has 0 saturated heterocycles. The lowest BCUT2D eigenvalue weighted by Gasteiger charge is -2.39. The Morgan fingerprint density at radius 3 is 1.62 bits per heavy atom. The molecule has 3 nitrogen and oxygen atoms in total. The minimum absolute atomic E-state index is 0.359. The summed E-state index contributed by atoms with van der Waals surface area (Å²) in [4.78, 5) is 1.09. The Bertz CT molecular complexity index is 1060. The van der Waals surface area contributed by atoms with Gasteiger partial charge in [-0.05, 0) is 65.1 Å². The molecule has 0 N–H and O–H groups in total. The third kappa shape index (κ3) is 5.19. The van der Waals surface area contributed by atoms with Crippen molar-refractivity contribution in [3.8, 4) is 0 Å². The fourth-order valence-electron chi connectivity index (χ4n) is 3.35. The van der Waals surface area contributed by atoms with Crippen molar-refractivity contribution in [2.75, 3.05) is 0 Å². The molecule has 0 heterocycles. The van der Waals surface area contributed by atoms with E-state index in [-0.39, 0.29) is 0 Å². The van der Waals surface area contributed by atoms with Crippen molar-refractivity contribution in [3.63, 3.8) is 0 Å². The first-order chi connectivity index (χ1) is 15.2. The van der Waals surface area contributed by atoms with Gasteiger partial charge in [0.2, 0.25) is 0 Å². The predicted octanol–water partition coefficient (Wildman–Crippen LogP) is 7.48. The zero-order chi connectivity index (χ0) is 23.2. The Balaban J connectivity index is 2.22. The van der Waals surface area contributed by atoms with Gasteiger partial charge in [-0.15, -0.1) is 0 Å². The van der Waals surface area contributed by atoms with Gasteiger partial charge in [0.05, 0.1) is 0 Å². The molecule has 3 rings (SSSR count). The van der Waals surface area contributed by atoms with Gasteiger partial charge in [0.15, 0.2) is 0 Å². The van der Waals surface area contributed by atoms with Gasteiger partial charge in [0.1, 0.15) is 0 Å². The summed E-state index contributed by atoms with van der Waals surface area (Å²) in [6, 6.07) is 23.5. The van der Waals surface area contributed by atoms with E-state index in [0.717, 1.165) is 31.2 Å². The minimum atomic E-state index is -5.89. The smallest absolute Gasteiger partial charge is 0.200 e. The number of rotatable bonds is 9. The molecule has 0 saturated carbocycles. The van der Waals surface area contributed by atoms with Gasteiger partial charge < -0.3 is 0 Å². The van der Waals surface area contributed by atoms with E-state index in [1.165, 1.54) is 0 Å². The zero-order valence-corrected chi connectivity index (χ0v) is 19.2. The van der Waals surface area contributed by atoms with Crippen LogP contribution >= 0.6 is 10.3 Å². The fraction of sp³-hybridized carbons (Fsp3) is 0.250. The maximum atomic E-state index is 13.4. The van der Waals surface area contributed by atoms with E-state index < -0.39 is 25.9 Å². The maximum absolute atomic E-state index is 13.4. The van der Waals surface area contributed by atoms with Crippen LogP contribution in [0.15, 0.2) is 99.6 Å². The molecule has 32 heavy (non-hydrogen) atoms. The lowest BCUT2D eigenvalue weighted by Crippen LogP contribution is -2.27. The van der Waals surface area contributed by atoms with Crippen LogP contribution < -0.4 is 0 Å². The molecule has 0 fully saturated rings. The summed E-state index contributed by atoms with van der Waals surface area (Å²) >= 11 is 0. The molecule has 3 aromatic rings. The number of hydrogen-bond donors (Lipinski definition) is 0. The summed E-state index contributed by atoms with van der Waals surface area (Å²) < 4.78 is 70.2. The van der Waals surface area contributed by atoms with Crippen molar-refractivity contribution in [3.05, 3.63) is 90.5 Å². The molecule has 0 unspecified atom stereocenters. The van der Waals surface area contributed by atoms with Crippen molar-refractivity contribution >= 4 is 20.4 Å². The fourth-order valence-corrected chi connectivity index (χ4v) is 8.09. The van der Waals surface area contributed by atoms with Crippen LogP contribution in [0.5, 0.6) is 0 Å². The van der Waals surface area contributed by atoms with E-state index in [2.05, 4.69) is 6.92 Å². The molecule has 0 radical (unpaired) electrons. The summed E-state index contributed by atoms with van der Waals surface area (Å²) in [5, 5.41) is 0. The molecule has 0 bridgehead atoms. The average Bonchev–Trinajstić information content (AvgIpc) is 2.79. The van der Waals surface area contributed by atoms with Crippen molar-refractivity contribution in [2.24, 2.45) is 0 Å². The number of aryl methyl sites for hydroxylation is 1. The van der Waals surface area contributed by atoms with E-state index in [0.29, 0.717) is 14.7 Å². The maximum Gasteiger partial charge on any atom is 0.524 e. The van der Waals surface area contributed by atoms with Crippen LogP contribution in [0.3, 0.4) is 0 Å². The van der Waals surface area contributed by atoms with Crippen LogP contribution in [0.1, 0.15) is 31.7 Å². The Kier molecular flexibility index (Phi) is 7.69. The van der Waals surface area contributed by atoms with Crippen LogP contribution in [-0.2, 0) is 20.2 Å². The van der Waals surface area contributed by atoms with Gasteiger partial charge in [-0.3, -0.25) is 0 Å². The number of halogens is 3. The Morgan fingerprint density at radius 2 is 1.19 bits per heavy atom. The number of hydrogen-bond acceptors (Lipinski definition) is 3. The SMILES string of the molecule is CCCCCc1ccc(S(OS(=O)(=O)C(F)(F)F)(c2ccccc2)c2ccccc2)cc1. The molecule has 0 aliphatic rings. The third-order valence-corrected chi connectivity index (χ3v) is 9.86. The molecule has 0 aromatic heterocycles. The molecule has 0 amide bonds. The summed E-state index contributed by atoms with van der Waals surface area (Å²) in [6.07, 6.45) is 4.01. The van der Waals surface area contributed by atoms with Crippen molar-refractivity contribution in [1.82, 2.24) is 0 Å². The van der Waals surface area contributed by atoms with E-state index in [1.54, 1.807) is 72.8 Å². The molecule has 8 heteroatoms. The van der Waals surface area contributed by atoms with Gasteiger partial charge in [-0.25, -0.2) is 0 Å². The first kappa shape index (κ1) is 24.4. The molecule has 3 aromatic carbocycles. The van der Waals surface area contributed by atoms with Gasteiger partial charge >= 0.3 is 15.6 Å². The normalized spacial score (nSPS) is 13.1. The monoisotopic (exact) mass is 482 g/mol. The highest BCUT2D eigenvalue weighted by atomic mass is 32.3. The van der Waals surface area contributed by atoms with Crippen molar-refractivity contribution in [1.29, 1.82) is 0 Å². The molecular weight excluding hydrogens is 457 g/mol. The van der Waals surface area contributed by atoms with E-state index in [4.69, 9.17) is 3.63 Å². The Labute approximate surface area is 188 Å². The number of unbranched alkanes of at least 4 members (excludes halogenated alkanes) is 2. The molecule has 172 valence electrons. The second-order valence-electron chi connectivity index (χ2n) is 7.25. The quantitative estimate of drug-likeness (QED) is 0.234. The Morgan fingerprint density at radius 1 is 0.719 bits per heavy atom. The average molecular weight is 483 g/mol. The molecular formula is C24H25F3O3S2. The summed E-state index contributed by atoms with van der Waals surface area (Å²) in [7, 11) is -9.11. The standard InChI is InChI=1S/C24H25F3O3S2/c1-2-3-6-11-20-16-18-23(19-17-20)31(21-12-7-4-8-13-21,22-14-9-5-10-15-22)30-32(28,29)24(25,26)27/h4-5,7-10,12-19H,2-3,6,11H2,1H3. The first-order valence-electron chi connectivity index (χ1n) is 10.3. The highest BCUT2D eigenvalue weighted by Gasteiger charge is 2.52. The molecule has 0 atom stereocenters.